The molecule has 0 unspecified atom stereocenters. The molecule has 18 heavy (non-hydrogen) atoms. The maximum absolute atomic E-state index is 11.7. The van der Waals surface area contributed by atoms with Crippen molar-refractivity contribution in [2.45, 2.75) is 19.3 Å². The van der Waals surface area contributed by atoms with Gasteiger partial charge in [-0.25, -0.2) is 0 Å². The molecular formula is C13H16ClNO3. The summed E-state index contributed by atoms with van der Waals surface area (Å²) in [7, 11) is 1.62. The van der Waals surface area contributed by atoms with E-state index in [-0.39, 0.29) is 18.9 Å². The number of hydrogen-bond acceptors (Lipinski definition) is 2. The number of aryl methyl sites for hydroxylation is 1. The van der Waals surface area contributed by atoms with E-state index in [0.717, 1.165) is 5.56 Å². The first-order chi connectivity index (χ1) is 8.49. The summed E-state index contributed by atoms with van der Waals surface area (Å²) in [5.74, 6) is -0.946. The molecule has 0 spiro atoms. The van der Waals surface area contributed by atoms with Crippen molar-refractivity contribution in [1.29, 1.82) is 0 Å². The van der Waals surface area contributed by atoms with Crippen molar-refractivity contribution in [2.24, 2.45) is 0 Å². The zero-order valence-electron chi connectivity index (χ0n) is 10.2. The molecule has 4 nitrogen and oxygen atoms in total. The zero-order valence-corrected chi connectivity index (χ0v) is 11.0. The molecule has 0 saturated carbocycles. The minimum Gasteiger partial charge on any atom is -0.481 e. The Balaban J connectivity index is 2.36. The van der Waals surface area contributed by atoms with Gasteiger partial charge in [-0.3, -0.25) is 9.59 Å². The quantitative estimate of drug-likeness (QED) is 0.861. The van der Waals surface area contributed by atoms with Crippen LogP contribution in [0.25, 0.3) is 0 Å². The van der Waals surface area contributed by atoms with Gasteiger partial charge in [0.1, 0.15) is 0 Å². The lowest BCUT2D eigenvalue weighted by Gasteiger charge is -2.15. The fraction of sp³-hybridized carbons (Fsp3) is 0.385. The molecule has 1 rings (SSSR count). The number of rotatable bonds is 6. The van der Waals surface area contributed by atoms with Crippen LogP contribution in [0.5, 0.6) is 0 Å². The monoisotopic (exact) mass is 269 g/mol. The maximum atomic E-state index is 11.7. The van der Waals surface area contributed by atoms with Crippen LogP contribution in [0.15, 0.2) is 24.3 Å². The van der Waals surface area contributed by atoms with E-state index in [9.17, 15) is 9.59 Å². The second kappa shape index (κ2) is 7.01. The van der Waals surface area contributed by atoms with Crippen LogP contribution in [0.2, 0.25) is 5.02 Å². The number of hydrogen-bond donors (Lipinski definition) is 1. The highest BCUT2D eigenvalue weighted by Gasteiger charge is 2.10. The predicted octanol–water partition coefficient (Wildman–Crippen LogP) is 2.21. The van der Waals surface area contributed by atoms with Crippen molar-refractivity contribution >= 4 is 23.5 Å². The number of benzene rings is 1. The molecule has 1 aromatic carbocycles. The number of amides is 1. The number of nitrogens with zero attached hydrogens (tertiary/aromatic N) is 1. The second-order valence-electron chi connectivity index (χ2n) is 4.09. The van der Waals surface area contributed by atoms with E-state index in [0.29, 0.717) is 17.9 Å². The number of carbonyl (C=O) groups excluding carboxylic acids is 1. The maximum Gasteiger partial charge on any atom is 0.305 e. The fourth-order valence-corrected chi connectivity index (χ4v) is 1.61. The zero-order chi connectivity index (χ0) is 13.5. The van der Waals surface area contributed by atoms with Crippen LogP contribution >= 0.6 is 11.6 Å². The minimum absolute atomic E-state index is 0.0246. The first kappa shape index (κ1) is 14.5. The van der Waals surface area contributed by atoms with Crippen LogP contribution in [0, 0.1) is 0 Å². The van der Waals surface area contributed by atoms with Crippen LogP contribution in [-0.2, 0) is 16.0 Å². The number of carboxylic acids is 1. The van der Waals surface area contributed by atoms with E-state index in [1.54, 1.807) is 19.2 Å². The molecule has 0 aromatic heterocycles. The molecule has 1 N–H and O–H groups in total. The molecule has 0 bridgehead atoms. The van der Waals surface area contributed by atoms with Crippen molar-refractivity contribution < 1.29 is 14.7 Å². The van der Waals surface area contributed by atoms with Crippen molar-refractivity contribution in [3.05, 3.63) is 34.9 Å². The van der Waals surface area contributed by atoms with E-state index >= 15 is 0 Å². The molecular weight excluding hydrogens is 254 g/mol. The molecule has 0 radical (unpaired) electrons. The summed E-state index contributed by atoms with van der Waals surface area (Å²) < 4.78 is 0. The molecule has 1 aromatic rings. The Labute approximate surface area is 111 Å². The first-order valence-electron chi connectivity index (χ1n) is 5.69. The number of carbonyl (C=O) groups is 2. The molecule has 0 aliphatic rings. The van der Waals surface area contributed by atoms with Crippen molar-refractivity contribution in [3.8, 4) is 0 Å². The van der Waals surface area contributed by atoms with Gasteiger partial charge in [0.2, 0.25) is 5.91 Å². The van der Waals surface area contributed by atoms with E-state index < -0.39 is 5.97 Å². The van der Waals surface area contributed by atoms with Crippen LogP contribution < -0.4 is 0 Å². The Bertz CT molecular complexity index is 417. The SMILES string of the molecule is CN(CCC(=O)O)C(=O)CCc1ccc(Cl)cc1. The lowest BCUT2D eigenvalue weighted by molar-refractivity contribution is -0.138. The molecule has 0 aliphatic heterocycles. The van der Waals surface area contributed by atoms with Gasteiger partial charge < -0.3 is 10.0 Å². The van der Waals surface area contributed by atoms with Gasteiger partial charge in [-0.15, -0.1) is 0 Å². The summed E-state index contributed by atoms with van der Waals surface area (Å²) in [6, 6.07) is 7.34. The standard InChI is InChI=1S/C13H16ClNO3/c1-15(9-8-13(17)18)12(16)7-4-10-2-5-11(14)6-3-10/h2-3,5-6H,4,7-9H2,1H3,(H,17,18). The van der Waals surface area contributed by atoms with Gasteiger partial charge in [0.25, 0.3) is 0 Å². The first-order valence-corrected chi connectivity index (χ1v) is 6.07. The van der Waals surface area contributed by atoms with E-state index in [1.807, 2.05) is 12.1 Å². The van der Waals surface area contributed by atoms with Crippen LogP contribution in [0.4, 0.5) is 0 Å². The number of carboxylic acid groups (broad SMARTS) is 1. The third-order valence-corrected chi connectivity index (χ3v) is 2.88. The van der Waals surface area contributed by atoms with Gasteiger partial charge in [0.05, 0.1) is 6.42 Å². The Morgan fingerprint density at radius 3 is 2.39 bits per heavy atom. The predicted molar refractivity (Wildman–Crippen MR) is 69.7 cm³/mol. The third-order valence-electron chi connectivity index (χ3n) is 2.63. The molecule has 0 fully saturated rings. The van der Waals surface area contributed by atoms with E-state index in [1.165, 1.54) is 4.90 Å². The number of aliphatic carboxylic acids is 1. The van der Waals surface area contributed by atoms with Gasteiger partial charge in [-0.2, -0.15) is 0 Å². The number of halogens is 1. The van der Waals surface area contributed by atoms with Gasteiger partial charge in [0.15, 0.2) is 0 Å². The lowest BCUT2D eigenvalue weighted by atomic mass is 10.1. The van der Waals surface area contributed by atoms with E-state index in [4.69, 9.17) is 16.7 Å². The lowest BCUT2D eigenvalue weighted by Crippen LogP contribution is -2.29. The highest BCUT2D eigenvalue weighted by molar-refractivity contribution is 6.30. The average Bonchev–Trinajstić information content (AvgIpc) is 2.34. The van der Waals surface area contributed by atoms with Gasteiger partial charge in [0, 0.05) is 25.0 Å². The summed E-state index contributed by atoms with van der Waals surface area (Å²) >= 11 is 5.76. The van der Waals surface area contributed by atoms with Gasteiger partial charge in [-0.1, -0.05) is 23.7 Å². The van der Waals surface area contributed by atoms with Crippen LogP contribution in [-0.4, -0.2) is 35.5 Å². The summed E-state index contributed by atoms with van der Waals surface area (Å²) in [5, 5.41) is 9.20. The Hall–Kier alpha value is -1.55. The normalized spacial score (nSPS) is 10.1. The third kappa shape index (κ3) is 5.19. The smallest absolute Gasteiger partial charge is 0.305 e. The van der Waals surface area contributed by atoms with Crippen molar-refractivity contribution in [2.75, 3.05) is 13.6 Å². The average molecular weight is 270 g/mol. The summed E-state index contributed by atoms with van der Waals surface area (Å²) in [4.78, 5) is 23.5. The largest absolute Gasteiger partial charge is 0.481 e. The molecule has 0 saturated heterocycles. The second-order valence-corrected chi connectivity index (χ2v) is 4.52. The Kier molecular flexibility index (Phi) is 5.65. The molecule has 0 atom stereocenters. The summed E-state index contributed by atoms with van der Waals surface area (Å²) in [6.45, 7) is 0.245. The topological polar surface area (TPSA) is 57.6 Å². The Morgan fingerprint density at radius 1 is 1.22 bits per heavy atom. The van der Waals surface area contributed by atoms with Crippen LogP contribution in [0.1, 0.15) is 18.4 Å². The van der Waals surface area contributed by atoms with Crippen molar-refractivity contribution in [3.63, 3.8) is 0 Å². The van der Waals surface area contributed by atoms with Crippen LogP contribution in [0.3, 0.4) is 0 Å². The Morgan fingerprint density at radius 2 is 1.83 bits per heavy atom. The van der Waals surface area contributed by atoms with E-state index in [2.05, 4.69) is 0 Å². The highest BCUT2D eigenvalue weighted by Crippen LogP contribution is 2.11. The molecule has 5 heteroatoms. The highest BCUT2D eigenvalue weighted by atomic mass is 35.5. The van der Waals surface area contributed by atoms with Gasteiger partial charge >= 0.3 is 5.97 Å². The molecule has 0 aliphatic carbocycles. The molecule has 98 valence electrons. The molecule has 1 amide bonds. The van der Waals surface area contributed by atoms with Crippen molar-refractivity contribution in [1.82, 2.24) is 4.90 Å². The molecule has 0 heterocycles. The summed E-state index contributed by atoms with van der Waals surface area (Å²) in [5.41, 5.74) is 1.04. The van der Waals surface area contributed by atoms with Gasteiger partial charge in [-0.05, 0) is 24.1 Å². The summed E-state index contributed by atoms with van der Waals surface area (Å²) in [6.07, 6.45) is 0.981. The minimum atomic E-state index is -0.896. The fourth-order valence-electron chi connectivity index (χ4n) is 1.48.